The Kier molecular flexibility index (Phi) is 7.53. The lowest BCUT2D eigenvalue weighted by Crippen LogP contribution is -2.50. The standard InChI is InChI=1S/C27H34N2O4/c1-32-22-13-9-19(10-14-22)26-24(27(31)28-20-7-5-3-4-6-8-20)17-18-25(30)29(26)21-11-15-23(33-2)16-12-21/h9-16,20,24,26H,3-8,17-18H2,1-2H3,(H,28,31)/t24-,26+/m1/s1. The highest BCUT2D eigenvalue weighted by molar-refractivity contribution is 5.97. The fourth-order valence-electron chi connectivity index (χ4n) is 5.13. The van der Waals surface area contributed by atoms with Crippen LogP contribution in [0, 0.1) is 5.92 Å². The molecule has 33 heavy (non-hydrogen) atoms. The van der Waals surface area contributed by atoms with Crippen molar-refractivity contribution < 1.29 is 19.1 Å². The van der Waals surface area contributed by atoms with E-state index in [0.29, 0.717) is 12.8 Å². The predicted molar refractivity (Wildman–Crippen MR) is 129 cm³/mol. The molecule has 0 bridgehead atoms. The van der Waals surface area contributed by atoms with Crippen LogP contribution in [0.2, 0.25) is 0 Å². The molecule has 2 aromatic carbocycles. The van der Waals surface area contributed by atoms with E-state index in [9.17, 15) is 9.59 Å². The maximum atomic E-state index is 13.6. The van der Waals surface area contributed by atoms with Crippen LogP contribution < -0.4 is 19.7 Å². The largest absolute Gasteiger partial charge is 0.497 e. The summed E-state index contributed by atoms with van der Waals surface area (Å²) in [4.78, 5) is 28.6. The molecule has 1 saturated heterocycles. The van der Waals surface area contributed by atoms with Crippen molar-refractivity contribution in [3.63, 3.8) is 0 Å². The van der Waals surface area contributed by atoms with Gasteiger partial charge in [0.1, 0.15) is 11.5 Å². The van der Waals surface area contributed by atoms with Crippen LogP contribution in [-0.4, -0.2) is 32.1 Å². The van der Waals surface area contributed by atoms with E-state index < -0.39 is 0 Å². The molecular weight excluding hydrogens is 416 g/mol. The second-order valence-electron chi connectivity index (χ2n) is 9.02. The number of hydrogen-bond acceptors (Lipinski definition) is 4. The summed E-state index contributed by atoms with van der Waals surface area (Å²) in [7, 11) is 3.25. The number of piperidine rings is 1. The highest BCUT2D eigenvalue weighted by Crippen LogP contribution is 2.41. The number of anilines is 1. The van der Waals surface area contributed by atoms with Gasteiger partial charge in [0.15, 0.2) is 0 Å². The lowest BCUT2D eigenvalue weighted by molar-refractivity contribution is -0.130. The first kappa shape index (κ1) is 23.1. The molecule has 0 radical (unpaired) electrons. The number of amides is 2. The van der Waals surface area contributed by atoms with Crippen LogP contribution in [0.25, 0.3) is 0 Å². The fraction of sp³-hybridized carbons (Fsp3) is 0.481. The lowest BCUT2D eigenvalue weighted by Gasteiger charge is -2.41. The number of carbonyl (C=O) groups excluding carboxylic acids is 2. The number of hydrogen-bond donors (Lipinski definition) is 1. The van der Waals surface area contributed by atoms with Gasteiger partial charge in [-0.3, -0.25) is 9.59 Å². The van der Waals surface area contributed by atoms with Crippen LogP contribution in [0.5, 0.6) is 11.5 Å². The molecule has 1 saturated carbocycles. The average Bonchev–Trinajstić information content (AvgIpc) is 3.12. The van der Waals surface area contributed by atoms with Gasteiger partial charge in [-0.2, -0.15) is 0 Å². The molecule has 4 rings (SSSR count). The van der Waals surface area contributed by atoms with Crippen LogP contribution in [0.15, 0.2) is 48.5 Å². The summed E-state index contributed by atoms with van der Waals surface area (Å²) in [5.41, 5.74) is 1.70. The minimum atomic E-state index is -0.378. The first-order valence-electron chi connectivity index (χ1n) is 12.0. The molecule has 1 heterocycles. The van der Waals surface area contributed by atoms with Gasteiger partial charge in [0.25, 0.3) is 0 Å². The molecule has 0 aromatic heterocycles. The van der Waals surface area contributed by atoms with Crippen LogP contribution in [0.3, 0.4) is 0 Å². The minimum absolute atomic E-state index is 0.0273. The second kappa shape index (κ2) is 10.7. The van der Waals surface area contributed by atoms with Gasteiger partial charge in [-0.05, 0) is 61.2 Å². The summed E-state index contributed by atoms with van der Waals surface area (Å²) in [5.74, 6) is 1.23. The van der Waals surface area contributed by atoms with Crippen molar-refractivity contribution >= 4 is 17.5 Å². The Morgan fingerprint density at radius 1 is 0.848 bits per heavy atom. The number of ether oxygens (including phenoxy) is 2. The van der Waals surface area contributed by atoms with Crippen molar-refractivity contribution in [2.75, 3.05) is 19.1 Å². The topological polar surface area (TPSA) is 67.9 Å². The molecule has 2 fully saturated rings. The fourth-order valence-corrected chi connectivity index (χ4v) is 5.13. The molecule has 2 amide bonds. The quantitative estimate of drug-likeness (QED) is 0.627. The Hall–Kier alpha value is -3.02. The normalized spacial score (nSPS) is 21.9. The zero-order valence-corrected chi connectivity index (χ0v) is 19.6. The Labute approximate surface area is 196 Å². The van der Waals surface area contributed by atoms with E-state index >= 15 is 0 Å². The summed E-state index contributed by atoms with van der Waals surface area (Å²) >= 11 is 0. The summed E-state index contributed by atoms with van der Waals surface area (Å²) in [6, 6.07) is 15.0. The number of nitrogens with zero attached hydrogens (tertiary/aromatic N) is 1. The van der Waals surface area contributed by atoms with Gasteiger partial charge in [-0.15, -0.1) is 0 Å². The first-order chi connectivity index (χ1) is 16.1. The van der Waals surface area contributed by atoms with Crippen molar-refractivity contribution in [3.05, 3.63) is 54.1 Å². The molecule has 2 atom stereocenters. The molecule has 1 N–H and O–H groups in total. The molecule has 176 valence electrons. The molecule has 6 nitrogen and oxygen atoms in total. The van der Waals surface area contributed by atoms with E-state index in [1.807, 2.05) is 48.5 Å². The zero-order chi connectivity index (χ0) is 23.2. The van der Waals surface area contributed by atoms with Crippen molar-refractivity contribution in [1.29, 1.82) is 0 Å². The minimum Gasteiger partial charge on any atom is -0.497 e. The van der Waals surface area contributed by atoms with Crippen molar-refractivity contribution in [2.24, 2.45) is 5.92 Å². The Morgan fingerprint density at radius 3 is 2.00 bits per heavy atom. The number of rotatable bonds is 6. The number of nitrogens with one attached hydrogen (secondary N) is 1. The van der Waals surface area contributed by atoms with Gasteiger partial charge in [-0.25, -0.2) is 0 Å². The number of methoxy groups -OCH3 is 2. The van der Waals surface area contributed by atoms with Crippen molar-refractivity contribution in [3.8, 4) is 11.5 Å². The van der Waals surface area contributed by atoms with Crippen molar-refractivity contribution in [1.82, 2.24) is 5.32 Å². The molecule has 6 heteroatoms. The Morgan fingerprint density at radius 2 is 1.42 bits per heavy atom. The van der Waals surface area contributed by atoms with E-state index in [-0.39, 0.29) is 29.8 Å². The van der Waals surface area contributed by atoms with E-state index in [0.717, 1.165) is 48.4 Å². The third-order valence-corrected chi connectivity index (χ3v) is 6.94. The van der Waals surface area contributed by atoms with Gasteiger partial charge >= 0.3 is 0 Å². The molecule has 2 aliphatic rings. The smallest absolute Gasteiger partial charge is 0.227 e. The Balaban J connectivity index is 1.67. The third kappa shape index (κ3) is 5.32. The highest BCUT2D eigenvalue weighted by atomic mass is 16.5. The summed E-state index contributed by atoms with van der Waals surface area (Å²) < 4.78 is 10.6. The summed E-state index contributed by atoms with van der Waals surface area (Å²) in [6.45, 7) is 0. The highest BCUT2D eigenvalue weighted by Gasteiger charge is 2.41. The van der Waals surface area contributed by atoms with Gasteiger partial charge in [-0.1, -0.05) is 37.8 Å². The van der Waals surface area contributed by atoms with Crippen LogP contribution in [-0.2, 0) is 9.59 Å². The third-order valence-electron chi connectivity index (χ3n) is 6.94. The molecular formula is C27H34N2O4. The average molecular weight is 451 g/mol. The maximum Gasteiger partial charge on any atom is 0.227 e. The maximum absolute atomic E-state index is 13.6. The zero-order valence-electron chi connectivity index (χ0n) is 19.6. The first-order valence-corrected chi connectivity index (χ1v) is 12.0. The van der Waals surface area contributed by atoms with E-state index in [4.69, 9.17) is 9.47 Å². The SMILES string of the molecule is COc1ccc([C@H]2[C@H](C(=O)NC3CCCCCC3)CCC(=O)N2c2ccc(OC)cc2)cc1. The summed E-state index contributed by atoms with van der Waals surface area (Å²) in [5, 5.41) is 3.33. The van der Waals surface area contributed by atoms with Crippen LogP contribution in [0.4, 0.5) is 5.69 Å². The van der Waals surface area contributed by atoms with Crippen LogP contribution >= 0.6 is 0 Å². The monoisotopic (exact) mass is 450 g/mol. The lowest BCUT2D eigenvalue weighted by atomic mass is 9.82. The van der Waals surface area contributed by atoms with Gasteiger partial charge < -0.3 is 19.7 Å². The van der Waals surface area contributed by atoms with Crippen molar-refractivity contribution in [2.45, 2.75) is 63.5 Å². The predicted octanol–water partition coefficient (Wildman–Crippen LogP) is 5.03. The van der Waals surface area contributed by atoms with E-state index in [2.05, 4.69) is 5.32 Å². The number of benzene rings is 2. The van der Waals surface area contributed by atoms with Crippen LogP contribution in [0.1, 0.15) is 63.0 Å². The molecule has 0 spiro atoms. The van der Waals surface area contributed by atoms with Gasteiger partial charge in [0, 0.05) is 18.2 Å². The van der Waals surface area contributed by atoms with Gasteiger partial charge in [0.05, 0.1) is 26.2 Å². The number of carbonyl (C=O) groups is 2. The molecule has 0 unspecified atom stereocenters. The molecule has 1 aliphatic carbocycles. The molecule has 1 aliphatic heterocycles. The molecule has 2 aromatic rings. The van der Waals surface area contributed by atoms with E-state index in [1.54, 1.807) is 19.1 Å². The van der Waals surface area contributed by atoms with Gasteiger partial charge in [0.2, 0.25) is 11.8 Å². The Bertz CT molecular complexity index is 934. The summed E-state index contributed by atoms with van der Waals surface area (Å²) in [6.07, 6.45) is 7.76. The van der Waals surface area contributed by atoms with E-state index in [1.165, 1.54) is 12.8 Å². The second-order valence-corrected chi connectivity index (χ2v) is 9.02.